The molecule has 5 rings (SSSR count). The Bertz CT molecular complexity index is 1600. The summed E-state index contributed by atoms with van der Waals surface area (Å²) in [6.07, 6.45) is -20.1. The van der Waals surface area contributed by atoms with Crippen LogP contribution < -0.4 is 10.2 Å². The fourth-order valence-corrected chi connectivity index (χ4v) is 4.83. The highest BCUT2D eigenvalue weighted by Crippen LogP contribution is 2.33. The number of ether oxygens (including phenoxy) is 4. The number of aliphatic hydroxyl groups excluding tert-OH is 5. The molecule has 1 aromatic heterocycles. The number of carbonyl (C=O) groups is 2. The van der Waals surface area contributed by atoms with Gasteiger partial charge in [0.1, 0.15) is 64.5 Å². The molecule has 0 aliphatic carbocycles. The molecule has 2 aliphatic heterocycles. The molecule has 17 heteroatoms. The highest BCUT2D eigenvalue weighted by atomic mass is 16.8. The molecule has 2 saturated heterocycles. The molecule has 17 nitrogen and oxygen atoms in total. The van der Waals surface area contributed by atoms with Gasteiger partial charge >= 0.3 is 11.9 Å². The van der Waals surface area contributed by atoms with Gasteiger partial charge in [-0.3, -0.25) is 4.79 Å². The zero-order chi connectivity index (χ0) is 32.0. The summed E-state index contributed by atoms with van der Waals surface area (Å²) in [5, 5.41) is 89.7. The van der Waals surface area contributed by atoms with E-state index in [1.54, 1.807) is 0 Å². The van der Waals surface area contributed by atoms with Gasteiger partial charge in [-0.05, 0) is 24.3 Å². The SMILES string of the molecule is O=C(O)C1OC(OC2C(Oc3ccc(-c4cc(=O)c5c(O)cc(O)cc5o4)cc3)OC(C(=O)O)C(O)C2O)C(O)C(O)C1O. The van der Waals surface area contributed by atoms with Crippen molar-refractivity contribution in [1.29, 1.82) is 0 Å². The fraction of sp³-hybridized carbons (Fsp3) is 0.370. The van der Waals surface area contributed by atoms with Gasteiger partial charge in [0.25, 0.3) is 0 Å². The molecule has 44 heavy (non-hydrogen) atoms. The molecule has 0 saturated carbocycles. The van der Waals surface area contributed by atoms with Crippen molar-refractivity contribution in [1.82, 2.24) is 0 Å². The summed E-state index contributed by atoms with van der Waals surface area (Å²) in [7, 11) is 0. The van der Waals surface area contributed by atoms with Gasteiger partial charge in [0.2, 0.25) is 6.29 Å². The maximum absolute atomic E-state index is 12.6. The van der Waals surface area contributed by atoms with Gasteiger partial charge in [0, 0.05) is 23.8 Å². The van der Waals surface area contributed by atoms with Gasteiger partial charge < -0.3 is 69.3 Å². The van der Waals surface area contributed by atoms with Crippen LogP contribution in [0.15, 0.2) is 51.7 Å². The van der Waals surface area contributed by atoms with Gasteiger partial charge in [-0.1, -0.05) is 0 Å². The zero-order valence-electron chi connectivity index (χ0n) is 22.1. The normalized spacial score (nSPS) is 32.3. The Labute approximate surface area is 244 Å². The number of hydrogen-bond donors (Lipinski definition) is 9. The van der Waals surface area contributed by atoms with E-state index >= 15 is 0 Å². The molecule has 236 valence electrons. The van der Waals surface area contributed by atoms with E-state index in [2.05, 4.69) is 0 Å². The molecule has 10 unspecified atom stereocenters. The second kappa shape index (κ2) is 12.0. The van der Waals surface area contributed by atoms with Crippen molar-refractivity contribution in [3.63, 3.8) is 0 Å². The molecule has 2 fully saturated rings. The Morgan fingerprint density at radius 1 is 0.727 bits per heavy atom. The lowest BCUT2D eigenvalue weighted by atomic mass is 9.97. The van der Waals surface area contributed by atoms with Crippen LogP contribution in [0, 0.1) is 0 Å². The third kappa shape index (κ3) is 5.77. The molecule has 0 spiro atoms. The average Bonchev–Trinajstić information content (AvgIpc) is 2.96. The van der Waals surface area contributed by atoms with Crippen molar-refractivity contribution in [2.45, 2.75) is 61.4 Å². The van der Waals surface area contributed by atoms with Crippen LogP contribution in [0.4, 0.5) is 0 Å². The molecule has 9 N–H and O–H groups in total. The van der Waals surface area contributed by atoms with Crippen LogP contribution in [0.3, 0.4) is 0 Å². The van der Waals surface area contributed by atoms with Gasteiger partial charge in [-0.25, -0.2) is 9.59 Å². The van der Waals surface area contributed by atoms with Crippen LogP contribution in [0.25, 0.3) is 22.3 Å². The number of aliphatic hydroxyl groups is 5. The lowest BCUT2D eigenvalue weighted by Crippen LogP contribution is -2.66. The smallest absolute Gasteiger partial charge is 0.335 e. The molecule has 2 aliphatic rings. The van der Waals surface area contributed by atoms with E-state index in [-0.39, 0.29) is 28.2 Å². The largest absolute Gasteiger partial charge is 0.508 e. The van der Waals surface area contributed by atoms with E-state index in [0.717, 1.165) is 18.2 Å². The molecule has 0 bridgehead atoms. The maximum atomic E-state index is 12.6. The summed E-state index contributed by atoms with van der Waals surface area (Å²) in [5.41, 5.74) is -0.374. The average molecular weight is 622 g/mol. The first-order valence-corrected chi connectivity index (χ1v) is 12.9. The van der Waals surface area contributed by atoms with E-state index < -0.39 is 84.5 Å². The number of phenolic OH excluding ortho intramolecular Hbond substituents is 2. The van der Waals surface area contributed by atoms with Crippen molar-refractivity contribution in [2.24, 2.45) is 0 Å². The topological polar surface area (TPSA) is 283 Å². The molecule has 2 aromatic carbocycles. The molecular formula is C27H26O17. The standard InChI is InChI=1S/C27H26O17/c28-9-5-11(29)15-12(30)7-13(41-14(15)6-9)8-1-3-10(4-2-8)40-27-23(19(34)18(33)22(43-27)25(38)39)44-26-20(35)16(31)17(32)21(42-26)24(36)37/h1-7,16-23,26-29,31-35H,(H,36,37)(H,38,39). The fourth-order valence-electron chi connectivity index (χ4n) is 4.83. The molecular weight excluding hydrogens is 596 g/mol. The van der Waals surface area contributed by atoms with Crippen LogP contribution in [0.5, 0.6) is 17.2 Å². The van der Waals surface area contributed by atoms with Gasteiger partial charge in [-0.15, -0.1) is 0 Å². The summed E-state index contributed by atoms with van der Waals surface area (Å²) in [4.78, 5) is 35.7. The molecule has 0 radical (unpaired) electrons. The molecule has 10 atom stereocenters. The lowest BCUT2D eigenvalue weighted by Gasteiger charge is -2.44. The Kier molecular flexibility index (Phi) is 8.47. The number of hydrogen-bond acceptors (Lipinski definition) is 15. The molecule has 3 aromatic rings. The van der Waals surface area contributed by atoms with Crippen LogP contribution in [0.2, 0.25) is 0 Å². The van der Waals surface area contributed by atoms with Crippen molar-refractivity contribution >= 4 is 22.9 Å². The number of rotatable bonds is 7. The number of carboxylic acids is 2. The van der Waals surface area contributed by atoms with Gasteiger partial charge in [0.15, 0.2) is 30.0 Å². The summed E-state index contributed by atoms with van der Waals surface area (Å²) in [5.74, 6) is -4.22. The second-order valence-corrected chi connectivity index (χ2v) is 10.0. The van der Waals surface area contributed by atoms with Gasteiger partial charge in [-0.2, -0.15) is 0 Å². The van der Waals surface area contributed by atoms with E-state index in [4.69, 9.17) is 23.4 Å². The monoisotopic (exact) mass is 622 g/mol. The Balaban J connectivity index is 1.41. The molecule has 0 amide bonds. The number of benzene rings is 2. The first-order chi connectivity index (χ1) is 20.8. The Hall–Kier alpha value is -4.33. The lowest BCUT2D eigenvalue weighted by molar-refractivity contribution is -0.350. The number of fused-ring (bicyclic) bond motifs is 1. The maximum Gasteiger partial charge on any atom is 0.335 e. The third-order valence-electron chi connectivity index (χ3n) is 7.08. The van der Waals surface area contributed by atoms with Crippen LogP contribution >= 0.6 is 0 Å². The first kappa shape index (κ1) is 31.1. The van der Waals surface area contributed by atoms with Gasteiger partial charge in [0.05, 0.1) is 0 Å². The number of phenols is 2. The minimum Gasteiger partial charge on any atom is -0.508 e. The second-order valence-electron chi connectivity index (χ2n) is 10.0. The Morgan fingerprint density at radius 3 is 1.93 bits per heavy atom. The van der Waals surface area contributed by atoms with Crippen molar-refractivity contribution < 1.29 is 78.9 Å². The summed E-state index contributed by atoms with van der Waals surface area (Å²) >= 11 is 0. The van der Waals surface area contributed by atoms with E-state index in [0.29, 0.717) is 5.56 Å². The van der Waals surface area contributed by atoms with Crippen LogP contribution in [-0.4, -0.2) is 119 Å². The van der Waals surface area contributed by atoms with E-state index in [1.807, 2.05) is 0 Å². The number of aromatic hydroxyl groups is 2. The minimum atomic E-state index is -2.10. The predicted octanol–water partition coefficient (Wildman–Crippen LogP) is -1.94. The summed E-state index contributed by atoms with van der Waals surface area (Å²) in [6, 6.07) is 8.68. The third-order valence-corrected chi connectivity index (χ3v) is 7.08. The number of aliphatic carboxylic acids is 2. The summed E-state index contributed by atoms with van der Waals surface area (Å²) < 4.78 is 27.2. The quantitative estimate of drug-likeness (QED) is 0.138. The zero-order valence-corrected chi connectivity index (χ0v) is 22.1. The molecule has 3 heterocycles. The van der Waals surface area contributed by atoms with Crippen molar-refractivity contribution in [3.05, 3.63) is 52.7 Å². The van der Waals surface area contributed by atoms with E-state index in [1.165, 1.54) is 24.3 Å². The van der Waals surface area contributed by atoms with Crippen molar-refractivity contribution in [2.75, 3.05) is 0 Å². The highest BCUT2D eigenvalue weighted by molar-refractivity contribution is 5.86. The van der Waals surface area contributed by atoms with Crippen molar-refractivity contribution in [3.8, 4) is 28.6 Å². The van der Waals surface area contributed by atoms with Crippen LogP contribution in [0.1, 0.15) is 0 Å². The first-order valence-electron chi connectivity index (χ1n) is 12.9. The number of carboxylic acid groups (broad SMARTS) is 2. The summed E-state index contributed by atoms with van der Waals surface area (Å²) in [6.45, 7) is 0. The minimum absolute atomic E-state index is 0.0378. The Morgan fingerprint density at radius 2 is 1.32 bits per heavy atom. The highest BCUT2D eigenvalue weighted by Gasteiger charge is 2.54. The van der Waals surface area contributed by atoms with Crippen LogP contribution in [-0.2, 0) is 23.8 Å². The predicted molar refractivity (Wildman–Crippen MR) is 139 cm³/mol. The van der Waals surface area contributed by atoms with E-state index in [9.17, 15) is 60.3 Å².